The van der Waals surface area contributed by atoms with Gasteiger partial charge in [-0.3, -0.25) is 9.89 Å². The van der Waals surface area contributed by atoms with E-state index in [4.69, 9.17) is 23.2 Å². The lowest BCUT2D eigenvalue weighted by Crippen LogP contribution is -2.32. The molecular formula is C20H18Cl2N4OS. The Balaban J connectivity index is 1.37. The summed E-state index contributed by atoms with van der Waals surface area (Å²) in [6.07, 6.45) is 3.12. The number of aromatic amines is 1. The number of aromatic nitrogens is 3. The Morgan fingerprint density at radius 1 is 1.25 bits per heavy atom. The van der Waals surface area contributed by atoms with Crippen LogP contribution in [-0.4, -0.2) is 26.8 Å². The van der Waals surface area contributed by atoms with Crippen molar-refractivity contribution in [1.82, 2.24) is 20.5 Å². The number of fused-ring (bicyclic) bond motifs is 1. The number of nitrogens with zero attached hydrogens (tertiary/aromatic N) is 2. The van der Waals surface area contributed by atoms with Crippen LogP contribution in [0.2, 0.25) is 10.0 Å². The summed E-state index contributed by atoms with van der Waals surface area (Å²) in [7, 11) is 0. The van der Waals surface area contributed by atoms with E-state index in [9.17, 15) is 4.79 Å². The molecule has 0 saturated heterocycles. The van der Waals surface area contributed by atoms with Crippen LogP contribution in [0, 0.1) is 0 Å². The number of carbonyl (C=O) groups excluding carboxylic acids is 1. The quantitative estimate of drug-likeness (QED) is 0.552. The second-order valence-corrected chi connectivity index (χ2v) is 8.38. The fourth-order valence-electron chi connectivity index (χ4n) is 3.38. The average molecular weight is 433 g/mol. The second-order valence-electron chi connectivity index (χ2n) is 6.59. The maximum absolute atomic E-state index is 12.4. The number of nitrogens with one attached hydrogen (secondary N) is 2. The molecule has 2 N–H and O–H groups in total. The molecule has 28 heavy (non-hydrogen) atoms. The van der Waals surface area contributed by atoms with Crippen LogP contribution in [0.5, 0.6) is 0 Å². The fraction of sp³-hybridized carbons (Fsp3) is 0.250. The number of thioether (sulfide) groups is 1. The number of hydrogen-bond donors (Lipinski definition) is 2. The molecule has 4 rings (SSSR count). The smallest absolute Gasteiger partial charge is 0.230 e. The van der Waals surface area contributed by atoms with Gasteiger partial charge in [0.1, 0.15) is 0 Å². The van der Waals surface area contributed by atoms with Gasteiger partial charge in [-0.2, -0.15) is 0 Å². The van der Waals surface area contributed by atoms with Crippen LogP contribution >= 0.6 is 35.0 Å². The van der Waals surface area contributed by atoms with Gasteiger partial charge in [0.05, 0.1) is 16.8 Å². The molecular weight excluding hydrogens is 415 g/mol. The summed E-state index contributed by atoms with van der Waals surface area (Å²) in [6, 6.07) is 13.5. The van der Waals surface area contributed by atoms with Crippen LogP contribution in [0.1, 0.15) is 30.0 Å². The molecule has 1 atom stereocenters. The monoisotopic (exact) mass is 432 g/mol. The van der Waals surface area contributed by atoms with Gasteiger partial charge in [0.15, 0.2) is 5.82 Å². The maximum atomic E-state index is 12.4. The van der Waals surface area contributed by atoms with E-state index < -0.39 is 0 Å². The molecule has 0 saturated carbocycles. The van der Waals surface area contributed by atoms with E-state index in [0.29, 0.717) is 26.6 Å². The standard InChI is InChI=1S/C20H18Cl2N4OS/c21-13-8-9-16(22)15(10-13)19-24-20(26-25-19)28-11-18(27)23-17-7-3-5-12-4-1-2-6-14(12)17/h1-2,4,6,8-10,17H,3,5,7,11H2,(H,23,27)(H,24,25,26)/t17-/m1/s1. The second kappa shape index (κ2) is 8.55. The van der Waals surface area contributed by atoms with Gasteiger partial charge < -0.3 is 5.32 Å². The van der Waals surface area contributed by atoms with E-state index in [1.807, 2.05) is 12.1 Å². The molecule has 2 aromatic carbocycles. The van der Waals surface area contributed by atoms with Gasteiger partial charge >= 0.3 is 0 Å². The van der Waals surface area contributed by atoms with Crippen LogP contribution in [-0.2, 0) is 11.2 Å². The van der Waals surface area contributed by atoms with Crippen LogP contribution in [0.15, 0.2) is 47.6 Å². The third-order valence-electron chi connectivity index (χ3n) is 4.69. The molecule has 144 valence electrons. The fourth-order valence-corrected chi connectivity index (χ4v) is 4.37. The molecule has 0 aliphatic heterocycles. The third-order valence-corrected chi connectivity index (χ3v) is 6.10. The SMILES string of the molecule is O=C(CSc1n[nH]c(-c2cc(Cl)ccc2Cl)n1)N[C@@H]1CCCc2ccccc21. The lowest BCUT2D eigenvalue weighted by Gasteiger charge is -2.26. The minimum Gasteiger partial charge on any atom is -0.349 e. The summed E-state index contributed by atoms with van der Waals surface area (Å²) in [5, 5.41) is 11.7. The van der Waals surface area contributed by atoms with E-state index in [-0.39, 0.29) is 17.7 Å². The van der Waals surface area contributed by atoms with Crippen molar-refractivity contribution in [1.29, 1.82) is 0 Å². The number of benzene rings is 2. The Labute approximate surface area is 177 Å². The Morgan fingerprint density at radius 3 is 3.00 bits per heavy atom. The molecule has 0 bridgehead atoms. The van der Waals surface area contributed by atoms with Crippen molar-refractivity contribution in [3.05, 3.63) is 63.6 Å². The number of aryl methyl sites for hydroxylation is 1. The molecule has 0 fully saturated rings. The molecule has 1 aliphatic carbocycles. The normalized spacial score (nSPS) is 15.9. The highest BCUT2D eigenvalue weighted by Crippen LogP contribution is 2.31. The summed E-state index contributed by atoms with van der Waals surface area (Å²) >= 11 is 13.5. The van der Waals surface area contributed by atoms with E-state index >= 15 is 0 Å². The number of H-pyrrole nitrogens is 1. The zero-order valence-corrected chi connectivity index (χ0v) is 17.2. The predicted molar refractivity (Wildman–Crippen MR) is 113 cm³/mol. The Bertz CT molecular complexity index is 1010. The molecule has 0 unspecified atom stereocenters. The largest absolute Gasteiger partial charge is 0.349 e. The van der Waals surface area contributed by atoms with Crippen molar-refractivity contribution in [2.75, 3.05) is 5.75 Å². The molecule has 0 spiro atoms. The van der Waals surface area contributed by atoms with Crippen molar-refractivity contribution in [2.45, 2.75) is 30.5 Å². The molecule has 8 heteroatoms. The lowest BCUT2D eigenvalue weighted by atomic mass is 9.88. The highest BCUT2D eigenvalue weighted by Gasteiger charge is 2.21. The Morgan fingerprint density at radius 2 is 2.11 bits per heavy atom. The first-order valence-electron chi connectivity index (χ1n) is 8.98. The number of halogens is 2. The zero-order chi connectivity index (χ0) is 19.5. The first kappa shape index (κ1) is 19.3. The average Bonchev–Trinajstić information content (AvgIpc) is 3.17. The number of hydrogen-bond acceptors (Lipinski definition) is 4. The highest BCUT2D eigenvalue weighted by molar-refractivity contribution is 7.99. The first-order valence-corrected chi connectivity index (χ1v) is 10.7. The van der Waals surface area contributed by atoms with Gasteiger partial charge in [-0.15, -0.1) is 5.10 Å². The minimum absolute atomic E-state index is 0.0289. The van der Waals surface area contributed by atoms with Gasteiger partial charge in [-0.05, 0) is 48.6 Å². The van der Waals surface area contributed by atoms with Crippen LogP contribution in [0.4, 0.5) is 0 Å². The van der Waals surface area contributed by atoms with Gasteiger partial charge in [-0.1, -0.05) is 59.2 Å². The summed E-state index contributed by atoms with van der Waals surface area (Å²) in [4.78, 5) is 16.8. The van der Waals surface area contributed by atoms with Gasteiger partial charge in [0.2, 0.25) is 11.1 Å². The third kappa shape index (κ3) is 4.35. The van der Waals surface area contributed by atoms with E-state index in [0.717, 1.165) is 19.3 Å². The van der Waals surface area contributed by atoms with Crippen LogP contribution < -0.4 is 5.32 Å². The first-order chi connectivity index (χ1) is 13.6. The lowest BCUT2D eigenvalue weighted by molar-refractivity contribution is -0.119. The number of carbonyl (C=O) groups is 1. The molecule has 1 heterocycles. The van der Waals surface area contributed by atoms with E-state index in [1.54, 1.807) is 18.2 Å². The topological polar surface area (TPSA) is 70.7 Å². The maximum Gasteiger partial charge on any atom is 0.230 e. The Kier molecular flexibility index (Phi) is 5.90. The van der Waals surface area contributed by atoms with E-state index in [1.165, 1.54) is 22.9 Å². The summed E-state index contributed by atoms with van der Waals surface area (Å²) in [5.41, 5.74) is 3.23. The summed E-state index contributed by atoms with van der Waals surface area (Å²) < 4.78 is 0. The van der Waals surface area contributed by atoms with Crippen molar-refractivity contribution in [2.24, 2.45) is 0 Å². The van der Waals surface area contributed by atoms with E-state index in [2.05, 4.69) is 32.6 Å². The van der Waals surface area contributed by atoms with Gasteiger partial charge in [-0.25, -0.2) is 4.98 Å². The Hall–Kier alpha value is -2.02. The van der Waals surface area contributed by atoms with Crippen molar-refractivity contribution < 1.29 is 4.79 Å². The van der Waals surface area contributed by atoms with Crippen molar-refractivity contribution in [3.8, 4) is 11.4 Å². The highest BCUT2D eigenvalue weighted by atomic mass is 35.5. The summed E-state index contributed by atoms with van der Waals surface area (Å²) in [5.74, 6) is 0.745. The van der Waals surface area contributed by atoms with Gasteiger partial charge in [0, 0.05) is 10.6 Å². The number of rotatable bonds is 5. The molecule has 3 aromatic rings. The van der Waals surface area contributed by atoms with Crippen LogP contribution in [0.3, 0.4) is 0 Å². The summed E-state index contributed by atoms with van der Waals surface area (Å²) in [6.45, 7) is 0. The zero-order valence-electron chi connectivity index (χ0n) is 14.9. The molecule has 0 radical (unpaired) electrons. The number of amides is 1. The van der Waals surface area contributed by atoms with Crippen molar-refractivity contribution in [3.63, 3.8) is 0 Å². The molecule has 1 amide bonds. The molecule has 5 nitrogen and oxygen atoms in total. The predicted octanol–water partition coefficient (Wildman–Crippen LogP) is 5.06. The van der Waals surface area contributed by atoms with Gasteiger partial charge in [0.25, 0.3) is 0 Å². The molecule has 1 aliphatic rings. The van der Waals surface area contributed by atoms with Crippen LogP contribution in [0.25, 0.3) is 11.4 Å². The minimum atomic E-state index is -0.0289. The van der Waals surface area contributed by atoms with Crippen molar-refractivity contribution >= 4 is 40.9 Å². The molecule has 1 aromatic heterocycles.